The average Bonchev–Trinajstić information content (AvgIpc) is 3.41. The number of nitrogens with zero attached hydrogens (tertiary/aromatic N) is 1. The number of ether oxygens (including phenoxy) is 1. The lowest BCUT2D eigenvalue weighted by Crippen LogP contribution is -3.14. The molecule has 1 aromatic heterocycles. The van der Waals surface area contributed by atoms with Crippen LogP contribution in [-0.4, -0.2) is 61.1 Å². The van der Waals surface area contributed by atoms with Crippen LogP contribution < -0.4 is 4.90 Å². The summed E-state index contributed by atoms with van der Waals surface area (Å²) in [5, 5.41) is 10.7. The zero-order chi connectivity index (χ0) is 22.0. The van der Waals surface area contributed by atoms with Crippen molar-refractivity contribution in [1.82, 2.24) is 4.90 Å². The molecule has 2 aliphatic rings. The van der Waals surface area contributed by atoms with Gasteiger partial charge < -0.3 is 24.1 Å². The van der Waals surface area contributed by atoms with Crippen molar-refractivity contribution in [3.05, 3.63) is 70.9 Å². The Labute approximate surface area is 181 Å². The summed E-state index contributed by atoms with van der Waals surface area (Å²) in [5.41, 5.74) is 2.05. The molecule has 7 nitrogen and oxygen atoms in total. The highest BCUT2D eigenvalue weighted by Gasteiger charge is 2.44. The Morgan fingerprint density at radius 3 is 2.52 bits per heavy atom. The van der Waals surface area contributed by atoms with Crippen molar-refractivity contribution in [3.8, 4) is 0 Å². The Kier molecular flexibility index (Phi) is 6.25. The van der Waals surface area contributed by atoms with E-state index >= 15 is 0 Å². The van der Waals surface area contributed by atoms with Crippen LogP contribution in [0.3, 0.4) is 0 Å². The van der Waals surface area contributed by atoms with Gasteiger partial charge in [0, 0.05) is 0 Å². The van der Waals surface area contributed by atoms with Crippen LogP contribution in [0, 0.1) is 0 Å². The lowest BCUT2D eigenvalue weighted by atomic mass is 9.93. The number of amides is 1. The largest absolute Gasteiger partial charge is 0.503 e. The quantitative estimate of drug-likeness (QED) is 0.662. The molecule has 2 aromatic rings. The molecule has 1 fully saturated rings. The molecule has 1 atom stereocenters. The zero-order valence-corrected chi connectivity index (χ0v) is 18.0. The van der Waals surface area contributed by atoms with Gasteiger partial charge in [0.25, 0.3) is 5.91 Å². The molecule has 0 bridgehead atoms. The van der Waals surface area contributed by atoms with E-state index in [-0.39, 0.29) is 11.3 Å². The van der Waals surface area contributed by atoms with E-state index in [1.807, 2.05) is 24.3 Å². The van der Waals surface area contributed by atoms with Crippen LogP contribution >= 0.6 is 0 Å². The monoisotopic (exact) mass is 425 g/mol. The highest BCUT2D eigenvalue weighted by atomic mass is 16.5. The van der Waals surface area contributed by atoms with Gasteiger partial charge in [0.1, 0.15) is 13.1 Å². The molecule has 4 rings (SSSR count). The van der Waals surface area contributed by atoms with E-state index in [1.165, 1.54) is 16.7 Å². The van der Waals surface area contributed by atoms with Gasteiger partial charge in [0.05, 0.1) is 44.2 Å². The minimum atomic E-state index is -0.647. The number of rotatable bonds is 7. The topological polar surface area (TPSA) is 84.4 Å². The smallest absolute Gasteiger partial charge is 0.290 e. The minimum absolute atomic E-state index is 0.0780. The third-order valence-corrected chi connectivity index (χ3v) is 6.12. The molecule has 7 heteroatoms. The predicted molar refractivity (Wildman–Crippen MR) is 114 cm³/mol. The van der Waals surface area contributed by atoms with Crippen molar-refractivity contribution < 1.29 is 28.7 Å². The predicted octanol–water partition coefficient (Wildman–Crippen LogP) is 1.90. The number of furan rings is 1. The summed E-state index contributed by atoms with van der Waals surface area (Å²) in [6, 6.07) is 10.4. The number of Topliss-reactive ketones (excluding diaryl/α,β-unsaturated/α-hetero) is 1. The summed E-state index contributed by atoms with van der Waals surface area (Å²) in [6.07, 6.45) is 1.41. The first kappa shape index (κ1) is 21.3. The highest BCUT2D eigenvalue weighted by Crippen LogP contribution is 2.39. The molecular formula is C24H29N2O5+. The summed E-state index contributed by atoms with van der Waals surface area (Å²) in [4.78, 5) is 29.1. The van der Waals surface area contributed by atoms with Crippen molar-refractivity contribution in [2.45, 2.75) is 25.8 Å². The molecule has 1 unspecified atom stereocenters. The van der Waals surface area contributed by atoms with Gasteiger partial charge in [-0.1, -0.05) is 38.1 Å². The van der Waals surface area contributed by atoms with Crippen LogP contribution in [0.1, 0.15) is 47.5 Å². The Bertz CT molecular complexity index is 956. The van der Waals surface area contributed by atoms with E-state index in [1.54, 1.807) is 17.0 Å². The molecule has 2 N–H and O–H groups in total. The maximum Gasteiger partial charge on any atom is 0.290 e. The Morgan fingerprint density at radius 1 is 1.19 bits per heavy atom. The van der Waals surface area contributed by atoms with Gasteiger partial charge in [-0.3, -0.25) is 9.59 Å². The Morgan fingerprint density at radius 2 is 1.90 bits per heavy atom. The fraction of sp³-hybridized carbons (Fsp3) is 0.417. The number of carbonyl (C=O) groups excluding carboxylic acids is 2. The molecular weight excluding hydrogens is 396 g/mol. The van der Waals surface area contributed by atoms with Gasteiger partial charge in [-0.05, 0) is 29.2 Å². The van der Waals surface area contributed by atoms with Gasteiger partial charge in [0.15, 0.2) is 11.5 Å². The van der Waals surface area contributed by atoms with Crippen LogP contribution in [0.5, 0.6) is 0 Å². The first-order valence-electron chi connectivity index (χ1n) is 10.8. The van der Waals surface area contributed by atoms with Crippen molar-refractivity contribution in [1.29, 1.82) is 0 Å². The van der Waals surface area contributed by atoms with Crippen LogP contribution in [0.15, 0.2) is 58.4 Å². The number of ketones is 1. The number of morpholine rings is 1. The van der Waals surface area contributed by atoms with E-state index in [2.05, 4.69) is 13.8 Å². The van der Waals surface area contributed by atoms with Crippen molar-refractivity contribution >= 4 is 11.7 Å². The fourth-order valence-electron chi connectivity index (χ4n) is 4.26. The lowest BCUT2D eigenvalue weighted by molar-refractivity contribution is -0.907. The van der Waals surface area contributed by atoms with Crippen molar-refractivity contribution in [3.63, 3.8) is 0 Å². The third kappa shape index (κ3) is 4.29. The molecule has 2 aliphatic heterocycles. The number of carbonyl (C=O) groups is 2. The van der Waals surface area contributed by atoms with Gasteiger partial charge >= 0.3 is 0 Å². The molecule has 0 aliphatic carbocycles. The van der Waals surface area contributed by atoms with Crippen molar-refractivity contribution in [2.75, 3.05) is 39.4 Å². The molecule has 1 saturated heterocycles. The van der Waals surface area contributed by atoms with Crippen molar-refractivity contribution in [2.24, 2.45) is 0 Å². The number of aliphatic hydroxyl groups excluding tert-OH is 1. The van der Waals surface area contributed by atoms with E-state index in [0.717, 1.165) is 25.2 Å². The first-order valence-corrected chi connectivity index (χ1v) is 10.8. The van der Waals surface area contributed by atoms with Crippen LogP contribution in [0.4, 0.5) is 0 Å². The van der Waals surface area contributed by atoms with Gasteiger partial charge in [-0.2, -0.15) is 0 Å². The second-order valence-corrected chi connectivity index (χ2v) is 8.40. The summed E-state index contributed by atoms with van der Waals surface area (Å²) >= 11 is 0. The maximum absolute atomic E-state index is 13.2. The second-order valence-electron chi connectivity index (χ2n) is 8.40. The maximum atomic E-state index is 13.2. The summed E-state index contributed by atoms with van der Waals surface area (Å²) in [7, 11) is 0. The van der Waals surface area contributed by atoms with E-state index < -0.39 is 23.5 Å². The normalized spacial score (nSPS) is 20.2. The average molecular weight is 426 g/mol. The minimum Gasteiger partial charge on any atom is -0.503 e. The first-order chi connectivity index (χ1) is 15.0. The molecule has 31 heavy (non-hydrogen) atoms. The number of quaternary nitrogens is 1. The summed E-state index contributed by atoms with van der Waals surface area (Å²) in [6.45, 7) is 8.56. The molecule has 0 saturated carbocycles. The van der Waals surface area contributed by atoms with Gasteiger partial charge in [-0.15, -0.1) is 0 Å². The van der Waals surface area contributed by atoms with E-state index in [4.69, 9.17) is 9.15 Å². The van der Waals surface area contributed by atoms with E-state index in [9.17, 15) is 14.7 Å². The Hall–Kier alpha value is -2.90. The SMILES string of the molecule is CC(C)c1ccc(C2C(C(=O)c3ccco3)=C(O)C(=O)N2CC[NH+]2CCOCC2)cc1. The highest BCUT2D eigenvalue weighted by molar-refractivity contribution is 6.15. The number of hydrogen-bond acceptors (Lipinski definition) is 5. The Balaban J connectivity index is 1.66. The number of hydrogen-bond donors (Lipinski definition) is 2. The lowest BCUT2D eigenvalue weighted by Gasteiger charge is -2.30. The standard InChI is InChI=1S/C24H28N2O5/c1-16(2)17-5-7-18(8-6-17)21-20(22(27)19-4-3-13-31-19)23(28)24(29)26(21)10-9-25-11-14-30-15-12-25/h3-8,13,16,21,28H,9-12,14-15H2,1-2H3/p+1. The molecule has 3 heterocycles. The summed E-state index contributed by atoms with van der Waals surface area (Å²) < 4.78 is 10.7. The van der Waals surface area contributed by atoms with Gasteiger partial charge in [-0.25, -0.2) is 0 Å². The molecule has 1 amide bonds. The molecule has 0 spiro atoms. The van der Waals surface area contributed by atoms with E-state index in [0.29, 0.717) is 25.7 Å². The second kappa shape index (κ2) is 9.08. The molecule has 164 valence electrons. The van der Waals surface area contributed by atoms with Crippen LogP contribution in [0.2, 0.25) is 0 Å². The summed E-state index contributed by atoms with van der Waals surface area (Å²) in [5.74, 6) is -0.987. The number of nitrogens with one attached hydrogen (secondary N) is 1. The third-order valence-electron chi connectivity index (χ3n) is 6.12. The number of benzene rings is 1. The zero-order valence-electron chi connectivity index (χ0n) is 18.0. The fourth-order valence-corrected chi connectivity index (χ4v) is 4.26. The number of aliphatic hydroxyl groups is 1. The molecule has 0 radical (unpaired) electrons. The van der Waals surface area contributed by atoms with Crippen LogP contribution in [0.25, 0.3) is 0 Å². The van der Waals surface area contributed by atoms with Gasteiger partial charge in [0.2, 0.25) is 5.78 Å². The molecule has 1 aromatic carbocycles. The van der Waals surface area contributed by atoms with Crippen LogP contribution in [-0.2, 0) is 9.53 Å².